The third kappa shape index (κ3) is 1.94. The Morgan fingerprint density at radius 3 is 2.45 bits per heavy atom. The summed E-state index contributed by atoms with van der Waals surface area (Å²) in [5.41, 5.74) is 2.68. The van der Waals surface area contributed by atoms with Crippen LogP contribution in [0.3, 0.4) is 0 Å². The van der Waals surface area contributed by atoms with E-state index in [1.807, 2.05) is 12.2 Å². The third-order valence-corrected chi connectivity index (χ3v) is 1.99. The first-order chi connectivity index (χ1) is 5.38. The number of allylic oxidation sites excluding steroid dienone is 6. The fourth-order valence-electron chi connectivity index (χ4n) is 1.31. The van der Waals surface area contributed by atoms with Gasteiger partial charge in [0.15, 0.2) is 0 Å². The monoisotopic (exact) mass is 146 g/mol. The lowest BCUT2D eigenvalue weighted by molar-refractivity contribution is 1.01. The molecule has 0 aromatic carbocycles. The zero-order valence-corrected chi connectivity index (χ0v) is 6.84. The van der Waals surface area contributed by atoms with Crippen molar-refractivity contribution in [3.8, 4) is 0 Å². The third-order valence-electron chi connectivity index (χ3n) is 1.99. The van der Waals surface area contributed by atoms with Crippen molar-refractivity contribution >= 4 is 0 Å². The maximum Gasteiger partial charge on any atom is -0.00949 e. The largest absolute Gasteiger partial charge is 0.0988 e. The first-order valence-corrected chi connectivity index (χ1v) is 4.00. The van der Waals surface area contributed by atoms with Crippen molar-refractivity contribution in [1.29, 1.82) is 0 Å². The SMILES string of the molecule is C=CC1=C(C=C)CCC=CC1. The highest BCUT2D eigenvalue weighted by molar-refractivity contribution is 5.34. The molecule has 0 bridgehead atoms. The second kappa shape index (κ2) is 3.97. The summed E-state index contributed by atoms with van der Waals surface area (Å²) in [5.74, 6) is 0. The molecule has 0 amide bonds. The molecule has 0 N–H and O–H groups in total. The molecule has 0 heteroatoms. The van der Waals surface area contributed by atoms with E-state index >= 15 is 0 Å². The molecule has 0 aliphatic heterocycles. The van der Waals surface area contributed by atoms with Crippen LogP contribution in [0.15, 0.2) is 48.6 Å². The summed E-state index contributed by atoms with van der Waals surface area (Å²) in [4.78, 5) is 0. The Morgan fingerprint density at radius 2 is 1.82 bits per heavy atom. The van der Waals surface area contributed by atoms with Gasteiger partial charge in [0, 0.05) is 0 Å². The lowest BCUT2D eigenvalue weighted by Crippen LogP contribution is -1.82. The molecule has 0 aromatic heterocycles. The Morgan fingerprint density at radius 1 is 1.09 bits per heavy atom. The molecule has 0 saturated carbocycles. The van der Waals surface area contributed by atoms with Crippen molar-refractivity contribution in [3.05, 3.63) is 48.6 Å². The molecule has 1 aliphatic carbocycles. The van der Waals surface area contributed by atoms with E-state index in [2.05, 4.69) is 25.3 Å². The van der Waals surface area contributed by atoms with Crippen LogP contribution >= 0.6 is 0 Å². The minimum Gasteiger partial charge on any atom is -0.0988 e. The van der Waals surface area contributed by atoms with E-state index in [0.717, 1.165) is 19.3 Å². The number of hydrogen-bond donors (Lipinski definition) is 0. The summed E-state index contributed by atoms with van der Waals surface area (Å²) in [6.45, 7) is 7.58. The summed E-state index contributed by atoms with van der Waals surface area (Å²) in [6, 6.07) is 0. The van der Waals surface area contributed by atoms with Gasteiger partial charge in [-0.1, -0.05) is 37.5 Å². The molecule has 0 atom stereocenters. The molecule has 0 aromatic rings. The zero-order chi connectivity index (χ0) is 8.10. The van der Waals surface area contributed by atoms with Crippen LogP contribution in [0.5, 0.6) is 0 Å². The van der Waals surface area contributed by atoms with Crippen LogP contribution < -0.4 is 0 Å². The van der Waals surface area contributed by atoms with Crippen molar-refractivity contribution in [1.82, 2.24) is 0 Å². The smallest absolute Gasteiger partial charge is 0.00949 e. The van der Waals surface area contributed by atoms with Gasteiger partial charge in [0.25, 0.3) is 0 Å². The Kier molecular flexibility index (Phi) is 2.91. The minimum atomic E-state index is 1.02. The predicted octanol–water partition coefficient (Wildman–Crippen LogP) is 3.40. The highest BCUT2D eigenvalue weighted by Crippen LogP contribution is 2.20. The molecule has 1 aliphatic rings. The van der Waals surface area contributed by atoms with Crippen molar-refractivity contribution in [2.24, 2.45) is 0 Å². The van der Waals surface area contributed by atoms with Gasteiger partial charge in [0.2, 0.25) is 0 Å². The van der Waals surface area contributed by atoms with Crippen LogP contribution in [0.2, 0.25) is 0 Å². The Bertz CT molecular complexity index is 216. The molecule has 11 heavy (non-hydrogen) atoms. The van der Waals surface area contributed by atoms with Crippen molar-refractivity contribution in [2.45, 2.75) is 19.3 Å². The molecular formula is C11H14. The average molecular weight is 146 g/mol. The van der Waals surface area contributed by atoms with Crippen LogP contribution in [0, 0.1) is 0 Å². The maximum absolute atomic E-state index is 3.79. The molecular weight excluding hydrogens is 132 g/mol. The summed E-state index contributed by atoms with van der Waals surface area (Å²) in [6.07, 6.45) is 11.6. The van der Waals surface area contributed by atoms with Gasteiger partial charge in [0.1, 0.15) is 0 Å². The maximum atomic E-state index is 3.79. The van der Waals surface area contributed by atoms with Gasteiger partial charge in [-0.05, 0) is 30.4 Å². The molecule has 0 radical (unpaired) electrons. The van der Waals surface area contributed by atoms with Gasteiger partial charge in [-0.2, -0.15) is 0 Å². The zero-order valence-electron chi connectivity index (χ0n) is 6.84. The van der Waals surface area contributed by atoms with Gasteiger partial charge in [-0.25, -0.2) is 0 Å². The number of rotatable bonds is 2. The van der Waals surface area contributed by atoms with Crippen LogP contribution in [-0.2, 0) is 0 Å². The summed E-state index contributed by atoms with van der Waals surface area (Å²) < 4.78 is 0. The normalized spacial score (nSPS) is 17.8. The van der Waals surface area contributed by atoms with Crippen molar-refractivity contribution < 1.29 is 0 Å². The van der Waals surface area contributed by atoms with Gasteiger partial charge in [0.05, 0.1) is 0 Å². The molecule has 0 saturated heterocycles. The minimum absolute atomic E-state index is 1.02. The van der Waals surface area contributed by atoms with Gasteiger partial charge in [-0.3, -0.25) is 0 Å². The van der Waals surface area contributed by atoms with E-state index in [9.17, 15) is 0 Å². The molecule has 0 unspecified atom stereocenters. The topological polar surface area (TPSA) is 0 Å². The molecule has 58 valence electrons. The molecule has 0 spiro atoms. The molecule has 0 fully saturated rings. The lowest BCUT2D eigenvalue weighted by Gasteiger charge is -2.02. The van der Waals surface area contributed by atoms with E-state index in [4.69, 9.17) is 0 Å². The summed E-state index contributed by atoms with van der Waals surface area (Å²) >= 11 is 0. The van der Waals surface area contributed by atoms with Crippen molar-refractivity contribution in [2.75, 3.05) is 0 Å². The van der Waals surface area contributed by atoms with E-state index < -0.39 is 0 Å². The van der Waals surface area contributed by atoms with Crippen LogP contribution in [0.25, 0.3) is 0 Å². The molecule has 1 rings (SSSR count). The Hall–Kier alpha value is -1.04. The van der Waals surface area contributed by atoms with Crippen LogP contribution in [0.4, 0.5) is 0 Å². The fraction of sp³-hybridized carbons (Fsp3) is 0.273. The van der Waals surface area contributed by atoms with E-state index in [1.165, 1.54) is 11.1 Å². The summed E-state index contributed by atoms with van der Waals surface area (Å²) in [5, 5.41) is 0. The second-order valence-electron chi connectivity index (χ2n) is 2.67. The Labute approximate surface area is 68.6 Å². The quantitative estimate of drug-likeness (QED) is 0.524. The van der Waals surface area contributed by atoms with Crippen LogP contribution in [0.1, 0.15) is 19.3 Å². The highest BCUT2D eigenvalue weighted by atomic mass is 14.1. The van der Waals surface area contributed by atoms with Gasteiger partial charge in [-0.15, -0.1) is 0 Å². The first kappa shape index (κ1) is 8.06. The van der Waals surface area contributed by atoms with E-state index in [1.54, 1.807) is 0 Å². The van der Waals surface area contributed by atoms with Gasteiger partial charge < -0.3 is 0 Å². The molecule has 0 heterocycles. The fourth-order valence-corrected chi connectivity index (χ4v) is 1.31. The highest BCUT2D eigenvalue weighted by Gasteiger charge is 2.00. The second-order valence-corrected chi connectivity index (χ2v) is 2.67. The lowest BCUT2D eigenvalue weighted by atomic mass is 10.0. The van der Waals surface area contributed by atoms with E-state index in [0.29, 0.717) is 0 Å². The summed E-state index contributed by atoms with van der Waals surface area (Å²) in [7, 11) is 0. The van der Waals surface area contributed by atoms with E-state index in [-0.39, 0.29) is 0 Å². The number of hydrogen-bond acceptors (Lipinski definition) is 0. The van der Waals surface area contributed by atoms with Crippen LogP contribution in [-0.4, -0.2) is 0 Å². The predicted molar refractivity (Wildman–Crippen MR) is 50.4 cm³/mol. The Balaban J connectivity index is 2.87. The van der Waals surface area contributed by atoms with Gasteiger partial charge >= 0.3 is 0 Å². The average Bonchev–Trinajstić information content (AvgIpc) is 2.27. The molecule has 0 nitrogen and oxygen atoms in total. The van der Waals surface area contributed by atoms with Crippen molar-refractivity contribution in [3.63, 3.8) is 0 Å². The first-order valence-electron chi connectivity index (χ1n) is 4.00. The standard InChI is InChI=1S/C11H14/c1-3-10-8-6-5-7-9-11(10)4-2/h3-6H,1-2,7-9H2.